The average molecular weight is 412 g/mol. The topological polar surface area (TPSA) is 67.2 Å². The van der Waals surface area contributed by atoms with Gasteiger partial charge in [0.25, 0.3) is 5.56 Å². The Hall–Kier alpha value is -3.29. The average Bonchev–Trinajstić information content (AvgIpc) is 2.69. The summed E-state index contributed by atoms with van der Waals surface area (Å²) in [5, 5.41) is 8.15. The minimum absolute atomic E-state index is 0.0172. The van der Waals surface area contributed by atoms with Crippen LogP contribution in [0, 0.1) is 17.6 Å². The molecule has 156 valence electrons. The molecule has 8 heteroatoms. The summed E-state index contributed by atoms with van der Waals surface area (Å²) in [5.74, 6) is -1.02. The van der Waals surface area contributed by atoms with Crippen molar-refractivity contribution in [2.45, 2.75) is 26.3 Å². The summed E-state index contributed by atoms with van der Waals surface area (Å²) >= 11 is 0. The molecule has 2 heterocycles. The Kier molecular flexibility index (Phi) is 5.48. The van der Waals surface area contributed by atoms with E-state index in [0.29, 0.717) is 17.1 Å². The van der Waals surface area contributed by atoms with E-state index in [0.717, 1.165) is 54.2 Å². The van der Waals surface area contributed by atoms with Crippen molar-refractivity contribution >= 4 is 28.2 Å². The molecule has 1 aliphatic rings. The van der Waals surface area contributed by atoms with E-state index >= 15 is 0 Å². The van der Waals surface area contributed by atoms with Crippen molar-refractivity contribution in [2.24, 2.45) is 5.92 Å². The maximum atomic E-state index is 13.4. The van der Waals surface area contributed by atoms with E-state index in [2.05, 4.69) is 22.2 Å². The van der Waals surface area contributed by atoms with E-state index in [4.69, 9.17) is 0 Å². The Balaban J connectivity index is 1.67. The Morgan fingerprint density at radius 3 is 2.57 bits per heavy atom. The third-order valence-electron chi connectivity index (χ3n) is 5.24. The van der Waals surface area contributed by atoms with Crippen LogP contribution in [0.25, 0.3) is 10.8 Å². The molecule has 1 atom stereocenters. The normalized spacial score (nSPS) is 16.6. The molecule has 0 bridgehead atoms. The Morgan fingerprint density at radius 1 is 1.17 bits per heavy atom. The number of carbonyl (C=O) groups excluding carboxylic acids is 1. The number of amides is 1. The predicted octanol–water partition coefficient (Wildman–Crippen LogP) is 3.55. The molecular weight excluding hydrogens is 390 g/mol. The van der Waals surface area contributed by atoms with Crippen molar-refractivity contribution in [3.63, 3.8) is 0 Å². The van der Waals surface area contributed by atoms with Crippen molar-refractivity contribution in [3.8, 4) is 0 Å². The first kappa shape index (κ1) is 20.0. The van der Waals surface area contributed by atoms with Crippen molar-refractivity contribution in [2.75, 3.05) is 23.3 Å². The summed E-state index contributed by atoms with van der Waals surface area (Å²) in [6.07, 6.45) is 2.17. The molecule has 1 saturated heterocycles. The molecule has 0 aliphatic carbocycles. The van der Waals surface area contributed by atoms with Crippen LogP contribution in [0.1, 0.15) is 19.8 Å². The molecule has 1 fully saturated rings. The number of piperidine rings is 1. The molecule has 1 aromatic heterocycles. The minimum Gasteiger partial charge on any atom is -0.354 e. The number of aromatic nitrogens is 2. The van der Waals surface area contributed by atoms with Crippen LogP contribution in [0.5, 0.6) is 0 Å². The number of hydrogen-bond donors (Lipinski definition) is 1. The van der Waals surface area contributed by atoms with E-state index in [1.165, 1.54) is 0 Å². The van der Waals surface area contributed by atoms with Gasteiger partial charge in [0.15, 0.2) is 5.82 Å². The quantitative estimate of drug-likeness (QED) is 0.712. The van der Waals surface area contributed by atoms with E-state index in [1.807, 2.05) is 12.1 Å². The first-order valence-electron chi connectivity index (χ1n) is 9.91. The van der Waals surface area contributed by atoms with Gasteiger partial charge >= 0.3 is 0 Å². The zero-order valence-corrected chi connectivity index (χ0v) is 16.6. The Morgan fingerprint density at radius 2 is 1.87 bits per heavy atom. The van der Waals surface area contributed by atoms with Gasteiger partial charge in [-0.2, -0.15) is 5.10 Å². The lowest BCUT2D eigenvalue weighted by Crippen LogP contribution is -2.38. The predicted molar refractivity (Wildman–Crippen MR) is 112 cm³/mol. The molecule has 2 aromatic carbocycles. The van der Waals surface area contributed by atoms with Gasteiger partial charge in [-0.05, 0) is 37.0 Å². The number of anilines is 2. The molecule has 0 radical (unpaired) electrons. The van der Waals surface area contributed by atoms with Crippen LogP contribution in [-0.4, -0.2) is 28.8 Å². The van der Waals surface area contributed by atoms with Gasteiger partial charge in [0.1, 0.15) is 18.2 Å². The van der Waals surface area contributed by atoms with Gasteiger partial charge in [0, 0.05) is 30.2 Å². The number of carbonyl (C=O) groups is 1. The van der Waals surface area contributed by atoms with Gasteiger partial charge in [-0.25, -0.2) is 13.5 Å². The van der Waals surface area contributed by atoms with Crippen LogP contribution in [0.2, 0.25) is 0 Å². The third-order valence-corrected chi connectivity index (χ3v) is 5.24. The number of rotatable bonds is 4. The molecule has 0 spiro atoms. The second-order valence-electron chi connectivity index (χ2n) is 7.73. The number of nitrogens with zero attached hydrogens (tertiary/aromatic N) is 3. The Bertz CT molecular complexity index is 1140. The summed E-state index contributed by atoms with van der Waals surface area (Å²) in [5.41, 5.74) is -0.406. The van der Waals surface area contributed by atoms with Crippen molar-refractivity contribution in [3.05, 3.63) is 64.5 Å². The number of halogens is 2. The van der Waals surface area contributed by atoms with E-state index < -0.39 is 17.5 Å². The highest BCUT2D eigenvalue weighted by Crippen LogP contribution is 2.26. The molecule has 1 amide bonds. The van der Waals surface area contributed by atoms with E-state index in [1.54, 1.807) is 12.1 Å². The molecular formula is C22H22F2N4O2. The maximum Gasteiger partial charge on any atom is 0.275 e. The smallest absolute Gasteiger partial charge is 0.275 e. The van der Waals surface area contributed by atoms with Crippen LogP contribution in [0.15, 0.2) is 47.3 Å². The molecule has 0 saturated carbocycles. The molecule has 1 unspecified atom stereocenters. The van der Waals surface area contributed by atoms with Crippen molar-refractivity contribution in [1.82, 2.24) is 9.78 Å². The highest BCUT2D eigenvalue weighted by atomic mass is 19.1. The monoisotopic (exact) mass is 412 g/mol. The van der Waals surface area contributed by atoms with Gasteiger partial charge < -0.3 is 10.2 Å². The lowest BCUT2D eigenvalue weighted by Gasteiger charge is -2.32. The number of benzene rings is 2. The fraction of sp³-hybridized carbons (Fsp3) is 0.318. The zero-order chi connectivity index (χ0) is 21.3. The molecule has 30 heavy (non-hydrogen) atoms. The minimum atomic E-state index is -0.798. The van der Waals surface area contributed by atoms with Crippen molar-refractivity contribution in [1.29, 1.82) is 0 Å². The lowest BCUT2D eigenvalue weighted by molar-refractivity contribution is -0.117. The zero-order valence-electron chi connectivity index (χ0n) is 16.6. The third kappa shape index (κ3) is 4.17. The summed E-state index contributed by atoms with van der Waals surface area (Å²) < 4.78 is 27.9. The maximum absolute atomic E-state index is 13.4. The largest absolute Gasteiger partial charge is 0.354 e. The van der Waals surface area contributed by atoms with Crippen LogP contribution in [0.4, 0.5) is 20.3 Å². The fourth-order valence-corrected chi connectivity index (χ4v) is 3.90. The lowest BCUT2D eigenvalue weighted by atomic mass is 10.00. The molecule has 3 aromatic rings. The first-order chi connectivity index (χ1) is 14.4. The van der Waals surface area contributed by atoms with E-state index in [9.17, 15) is 18.4 Å². The Labute approximate surface area is 172 Å². The summed E-state index contributed by atoms with van der Waals surface area (Å²) in [7, 11) is 0. The molecule has 1 N–H and O–H groups in total. The summed E-state index contributed by atoms with van der Waals surface area (Å²) in [6.45, 7) is 3.46. The highest BCUT2D eigenvalue weighted by molar-refractivity contribution is 5.93. The van der Waals surface area contributed by atoms with E-state index in [-0.39, 0.29) is 17.8 Å². The van der Waals surface area contributed by atoms with Crippen LogP contribution >= 0.6 is 0 Å². The van der Waals surface area contributed by atoms with Gasteiger partial charge in [-0.1, -0.05) is 25.1 Å². The number of hydrogen-bond acceptors (Lipinski definition) is 4. The van der Waals surface area contributed by atoms with Crippen LogP contribution in [-0.2, 0) is 11.3 Å². The van der Waals surface area contributed by atoms with Crippen LogP contribution < -0.4 is 15.8 Å². The molecule has 1 aliphatic heterocycles. The van der Waals surface area contributed by atoms with Gasteiger partial charge in [-0.3, -0.25) is 9.59 Å². The molecule has 4 rings (SSSR count). The summed E-state index contributed by atoms with van der Waals surface area (Å²) in [4.78, 5) is 27.5. The van der Waals surface area contributed by atoms with Crippen molar-refractivity contribution < 1.29 is 13.6 Å². The second-order valence-corrected chi connectivity index (χ2v) is 7.73. The van der Waals surface area contributed by atoms with Gasteiger partial charge in [-0.15, -0.1) is 0 Å². The van der Waals surface area contributed by atoms with Gasteiger partial charge in [0.2, 0.25) is 5.91 Å². The summed E-state index contributed by atoms with van der Waals surface area (Å²) in [6, 6.07) is 9.94. The fourth-order valence-electron chi connectivity index (χ4n) is 3.90. The standard InChI is InChI=1S/C22H22F2N4O2/c1-14-5-4-8-27(12-14)21-18-6-2-3-7-19(18)22(30)28(26-21)13-20(29)25-17-10-15(23)9-16(24)11-17/h2-3,6-7,9-11,14H,4-5,8,12-13H2,1H3,(H,25,29). The first-order valence-corrected chi connectivity index (χ1v) is 9.91. The SMILES string of the molecule is CC1CCCN(c2nn(CC(=O)Nc3cc(F)cc(F)c3)c(=O)c3ccccc23)C1. The number of nitrogens with one attached hydrogen (secondary N) is 1. The number of fused-ring (bicyclic) bond motifs is 1. The van der Waals surface area contributed by atoms with Gasteiger partial charge in [0.05, 0.1) is 5.39 Å². The van der Waals surface area contributed by atoms with Crippen LogP contribution in [0.3, 0.4) is 0 Å². The second kappa shape index (κ2) is 8.22. The highest BCUT2D eigenvalue weighted by Gasteiger charge is 2.22. The molecule has 6 nitrogen and oxygen atoms in total.